The molecule has 6 nitrogen and oxygen atoms in total. The molecule has 4 aromatic rings. The first-order valence-corrected chi connectivity index (χ1v) is 17.8. The molecule has 0 saturated carbocycles. The molecule has 0 aliphatic carbocycles. The number of anilines is 1. The van der Waals surface area contributed by atoms with Crippen LogP contribution in [0.15, 0.2) is 96.7 Å². The van der Waals surface area contributed by atoms with Gasteiger partial charge in [-0.05, 0) is 78.4 Å². The fourth-order valence-electron chi connectivity index (χ4n) is 8.29. The van der Waals surface area contributed by atoms with Gasteiger partial charge in [-0.25, -0.2) is 4.79 Å². The minimum Gasteiger partial charge on any atom is -0.481 e. The Kier molecular flexibility index (Phi) is 9.52. The Morgan fingerprint density at radius 2 is 1.45 bits per heavy atom. The van der Waals surface area contributed by atoms with Gasteiger partial charge in [0.1, 0.15) is 12.6 Å². The van der Waals surface area contributed by atoms with Crippen molar-refractivity contribution in [1.82, 2.24) is 0 Å². The lowest BCUT2D eigenvalue weighted by Gasteiger charge is -2.32. The summed E-state index contributed by atoms with van der Waals surface area (Å²) in [4.78, 5) is 26.2. The van der Waals surface area contributed by atoms with Gasteiger partial charge in [0.05, 0.1) is 5.41 Å². The van der Waals surface area contributed by atoms with E-state index in [9.17, 15) is 14.7 Å². The number of carbonyl (C=O) groups is 2. The van der Waals surface area contributed by atoms with Crippen molar-refractivity contribution < 1.29 is 24.4 Å². The first kappa shape index (κ1) is 34.2. The van der Waals surface area contributed by atoms with Gasteiger partial charge in [0.15, 0.2) is 5.71 Å². The Bertz CT molecular complexity index is 2020. The summed E-state index contributed by atoms with van der Waals surface area (Å²) in [6.07, 6.45) is 11.4. The fraction of sp³-hybridized carbons (Fsp3) is 0.372. The van der Waals surface area contributed by atoms with Gasteiger partial charge < -0.3 is 15.1 Å². The van der Waals surface area contributed by atoms with Gasteiger partial charge in [-0.15, -0.1) is 0 Å². The third kappa shape index (κ3) is 6.18. The lowest BCUT2D eigenvalue weighted by Crippen LogP contribution is -2.41. The quantitative estimate of drug-likeness (QED) is 0.111. The van der Waals surface area contributed by atoms with E-state index < -0.39 is 23.4 Å². The number of carboxylic acid groups (broad SMARTS) is 2. The molecule has 0 radical (unpaired) electrons. The van der Waals surface area contributed by atoms with Gasteiger partial charge in [0, 0.05) is 47.3 Å². The second-order valence-corrected chi connectivity index (χ2v) is 14.6. The van der Waals surface area contributed by atoms with Gasteiger partial charge in [-0.1, -0.05) is 94.3 Å². The molecule has 0 fully saturated rings. The van der Waals surface area contributed by atoms with E-state index >= 15 is 0 Å². The number of rotatable bonds is 13. The van der Waals surface area contributed by atoms with Gasteiger partial charge in [0.25, 0.3) is 0 Å². The zero-order valence-corrected chi connectivity index (χ0v) is 29.5. The van der Waals surface area contributed by atoms with Crippen LogP contribution in [0.4, 0.5) is 11.4 Å². The van der Waals surface area contributed by atoms with Gasteiger partial charge >= 0.3 is 11.9 Å². The van der Waals surface area contributed by atoms with Gasteiger partial charge in [-0.3, -0.25) is 4.79 Å². The summed E-state index contributed by atoms with van der Waals surface area (Å²) < 4.78 is 2.42. The minimum atomic E-state index is -0.803. The molecule has 0 spiro atoms. The second kappa shape index (κ2) is 13.7. The third-order valence-electron chi connectivity index (χ3n) is 10.7. The average molecular weight is 658 g/mol. The Morgan fingerprint density at radius 1 is 0.796 bits per heavy atom. The normalized spacial score (nSPS) is 17.7. The summed E-state index contributed by atoms with van der Waals surface area (Å²) in [5.41, 5.74) is 6.09. The predicted molar refractivity (Wildman–Crippen MR) is 200 cm³/mol. The number of carboxylic acids is 2. The van der Waals surface area contributed by atoms with Crippen molar-refractivity contribution in [3.8, 4) is 0 Å². The SMILES string of the molecule is CCCCC(C(=O)O)N1/C(=C\C=C\C2=[N+](CCCCCC(=O)O)c3ccc4ccccc4c3C2(C)C)C(C)(C)c2c1ccc1ccccc21. The molecule has 0 bridgehead atoms. The molecule has 2 N–H and O–H groups in total. The molecule has 2 heterocycles. The Labute approximate surface area is 290 Å². The molecule has 0 aromatic heterocycles. The number of hydrogen-bond acceptors (Lipinski definition) is 3. The van der Waals surface area contributed by atoms with Crippen LogP contribution in [0.2, 0.25) is 0 Å². The van der Waals surface area contributed by atoms with Crippen LogP contribution in [0.5, 0.6) is 0 Å². The molecule has 0 saturated heterocycles. The second-order valence-electron chi connectivity index (χ2n) is 14.6. The highest BCUT2D eigenvalue weighted by Gasteiger charge is 2.47. The smallest absolute Gasteiger partial charge is 0.326 e. The maximum atomic E-state index is 12.9. The molecule has 1 atom stereocenters. The predicted octanol–water partition coefficient (Wildman–Crippen LogP) is 9.90. The zero-order valence-electron chi connectivity index (χ0n) is 29.5. The van der Waals surface area contributed by atoms with Crippen molar-refractivity contribution in [2.24, 2.45) is 0 Å². The summed E-state index contributed by atoms with van der Waals surface area (Å²) in [6, 6.07) is 24.9. The minimum absolute atomic E-state index is 0.191. The number of allylic oxidation sites excluding steroid dienone is 4. The van der Waals surface area contributed by atoms with Crippen LogP contribution in [-0.2, 0) is 20.4 Å². The molecule has 254 valence electrons. The zero-order chi connectivity index (χ0) is 34.9. The molecule has 49 heavy (non-hydrogen) atoms. The molecule has 4 aromatic carbocycles. The van der Waals surface area contributed by atoms with Gasteiger partial charge in [-0.2, -0.15) is 4.58 Å². The number of fused-ring (bicyclic) bond motifs is 6. The molecular formula is C43H49N2O4+. The topological polar surface area (TPSA) is 80.8 Å². The van der Waals surface area contributed by atoms with E-state index in [2.05, 4.69) is 135 Å². The molecule has 6 rings (SSSR count). The highest BCUT2D eigenvalue weighted by atomic mass is 16.4. The van der Waals surface area contributed by atoms with Crippen molar-refractivity contribution in [2.75, 3.05) is 11.4 Å². The van der Waals surface area contributed by atoms with Crippen LogP contribution in [0.25, 0.3) is 21.5 Å². The number of unbranched alkanes of at least 4 members (excludes halogenated alkanes) is 3. The summed E-state index contributed by atoms with van der Waals surface area (Å²) in [7, 11) is 0. The largest absolute Gasteiger partial charge is 0.481 e. The number of aliphatic carboxylic acids is 2. The standard InChI is InChI=1S/C43H48N2O4/c1-6-7-20-35(41(48)49)45-34-27-25-30-17-11-13-19-32(30)40(34)43(4,5)37(45)22-15-21-36-42(2,3)39-31-18-12-10-16-29(31)24-26-33(39)44(36)28-14-8-9-23-38(46)47/h10-13,15-19,21-22,24-27,35H,6-9,14,20,23,28H2,1-5H3,(H-,46,47,48,49)/p+1. The average Bonchev–Trinajstić information content (AvgIpc) is 3.43. The lowest BCUT2D eigenvalue weighted by atomic mass is 9.79. The summed E-state index contributed by atoms with van der Waals surface area (Å²) >= 11 is 0. The number of nitrogens with zero attached hydrogens (tertiary/aromatic N) is 2. The Morgan fingerprint density at radius 3 is 2.10 bits per heavy atom. The van der Waals surface area contributed by atoms with E-state index in [1.165, 1.54) is 33.3 Å². The maximum absolute atomic E-state index is 12.9. The summed E-state index contributed by atoms with van der Waals surface area (Å²) in [6.45, 7) is 11.9. The number of benzene rings is 4. The Hall–Kier alpha value is -4.71. The van der Waals surface area contributed by atoms with Crippen molar-refractivity contribution >= 4 is 50.6 Å². The van der Waals surface area contributed by atoms with Crippen LogP contribution in [0.3, 0.4) is 0 Å². The van der Waals surface area contributed by atoms with Crippen molar-refractivity contribution in [2.45, 2.75) is 96.4 Å². The summed E-state index contributed by atoms with van der Waals surface area (Å²) in [5, 5.41) is 24.5. The molecule has 2 aliphatic rings. The van der Waals surface area contributed by atoms with Crippen molar-refractivity contribution in [3.05, 3.63) is 108 Å². The highest BCUT2D eigenvalue weighted by Crippen LogP contribution is 2.52. The molecule has 1 unspecified atom stereocenters. The van der Waals surface area contributed by atoms with Crippen molar-refractivity contribution in [1.29, 1.82) is 0 Å². The van der Waals surface area contributed by atoms with E-state index in [-0.39, 0.29) is 11.8 Å². The third-order valence-corrected chi connectivity index (χ3v) is 10.7. The maximum Gasteiger partial charge on any atom is 0.326 e. The Balaban J connectivity index is 1.46. The first-order chi connectivity index (χ1) is 23.5. The van der Waals surface area contributed by atoms with Gasteiger partial charge in [0.2, 0.25) is 5.69 Å². The number of hydrogen-bond donors (Lipinski definition) is 2. The lowest BCUT2D eigenvalue weighted by molar-refractivity contribution is -0.438. The molecule has 0 amide bonds. The van der Waals surface area contributed by atoms with Crippen LogP contribution >= 0.6 is 0 Å². The van der Waals surface area contributed by atoms with E-state index in [1.807, 2.05) is 0 Å². The van der Waals surface area contributed by atoms with Crippen LogP contribution in [0, 0.1) is 0 Å². The highest BCUT2D eigenvalue weighted by molar-refractivity contribution is 6.08. The summed E-state index contributed by atoms with van der Waals surface area (Å²) in [5.74, 6) is -1.55. The molecule has 2 aliphatic heterocycles. The van der Waals surface area contributed by atoms with Crippen LogP contribution in [-0.4, -0.2) is 45.0 Å². The van der Waals surface area contributed by atoms with Crippen LogP contribution < -0.4 is 4.90 Å². The van der Waals surface area contributed by atoms with E-state index in [4.69, 9.17) is 5.11 Å². The fourth-order valence-corrected chi connectivity index (χ4v) is 8.29. The molecule has 6 heteroatoms. The van der Waals surface area contributed by atoms with E-state index in [1.54, 1.807) is 0 Å². The van der Waals surface area contributed by atoms with E-state index in [0.29, 0.717) is 12.8 Å². The molecular weight excluding hydrogens is 608 g/mol. The monoisotopic (exact) mass is 657 g/mol. The van der Waals surface area contributed by atoms with E-state index in [0.717, 1.165) is 54.4 Å². The van der Waals surface area contributed by atoms with Crippen molar-refractivity contribution in [3.63, 3.8) is 0 Å². The van der Waals surface area contributed by atoms with Crippen LogP contribution in [0.1, 0.15) is 90.7 Å². The first-order valence-electron chi connectivity index (χ1n) is 17.8.